The van der Waals surface area contributed by atoms with E-state index in [1.165, 1.54) is 36.4 Å². The number of esters is 1. The molecule has 0 bridgehead atoms. The van der Waals surface area contributed by atoms with E-state index >= 15 is 0 Å². The van der Waals surface area contributed by atoms with E-state index < -0.39 is 23.1 Å². The van der Waals surface area contributed by atoms with Crippen LogP contribution in [0.25, 0.3) is 0 Å². The van der Waals surface area contributed by atoms with Gasteiger partial charge in [0.2, 0.25) is 0 Å². The summed E-state index contributed by atoms with van der Waals surface area (Å²) in [7, 11) is 0. The van der Waals surface area contributed by atoms with Gasteiger partial charge in [0.25, 0.3) is 5.91 Å². The Balaban J connectivity index is 1.81. The predicted molar refractivity (Wildman–Crippen MR) is 113 cm³/mol. The molecule has 2 aromatic carbocycles. The fraction of sp³-hybridized carbons (Fsp3) is 0.238. The molecule has 0 heterocycles. The molecule has 8 nitrogen and oxygen atoms in total. The molecule has 1 aliphatic rings. The molecule has 0 fully saturated rings. The van der Waals surface area contributed by atoms with E-state index in [9.17, 15) is 22.7 Å². The predicted octanol–water partition coefficient (Wildman–Crippen LogP) is 2.85. The first-order chi connectivity index (χ1) is 14.9. The zero-order valence-electron chi connectivity index (χ0n) is 16.6. The highest BCUT2D eigenvalue weighted by molar-refractivity contribution is 7.80. The summed E-state index contributed by atoms with van der Waals surface area (Å²) < 4.78 is 41.9. The van der Waals surface area contributed by atoms with E-state index in [4.69, 9.17) is 4.74 Å². The van der Waals surface area contributed by atoms with Crippen LogP contribution in [0.2, 0.25) is 0 Å². The maximum Gasteiger partial charge on any atom is 0.335 e. The molecule has 1 amide bonds. The molecule has 0 spiro atoms. The number of carbonyl (C=O) groups is 2. The fourth-order valence-electron chi connectivity index (χ4n) is 3.24. The minimum atomic E-state index is -2.47. The Labute approximate surface area is 181 Å². The van der Waals surface area contributed by atoms with E-state index in [1.807, 2.05) is 0 Å². The maximum atomic E-state index is 13.2. The molecular formula is C21H21FN3O5S-. The van der Waals surface area contributed by atoms with Gasteiger partial charge in [0.15, 0.2) is 0 Å². The Bertz CT molecular complexity index is 1010. The van der Waals surface area contributed by atoms with E-state index in [1.54, 1.807) is 19.1 Å². The second kappa shape index (κ2) is 10.2. The topological polar surface area (TPSA) is 120 Å². The van der Waals surface area contributed by atoms with Crippen LogP contribution in [0.3, 0.4) is 0 Å². The van der Waals surface area contributed by atoms with Crippen LogP contribution in [0.5, 0.6) is 0 Å². The first kappa shape index (κ1) is 22.4. The number of ether oxygens (including phenoxy) is 1. The summed E-state index contributed by atoms with van der Waals surface area (Å²) in [5.41, 5.74) is 2.01. The minimum Gasteiger partial charge on any atom is -0.755 e. The number of rotatable bonds is 8. The summed E-state index contributed by atoms with van der Waals surface area (Å²) in [5, 5.41) is 5.99. The molecule has 1 aliphatic carbocycles. The zero-order valence-corrected chi connectivity index (χ0v) is 17.5. The lowest BCUT2D eigenvalue weighted by molar-refractivity contribution is -0.138. The average molecular weight is 446 g/mol. The molecule has 10 heteroatoms. The van der Waals surface area contributed by atoms with Crippen molar-refractivity contribution in [1.82, 2.24) is 5.32 Å². The lowest BCUT2D eigenvalue weighted by Gasteiger charge is -2.20. The Morgan fingerprint density at radius 2 is 1.77 bits per heavy atom. The Kier molecular flexibility index (Phi) is 7.37. The second-order valence-electron chi connectivity index (χ2n) is 6.72. The van der Waals surface area contributed by atoms with Crippen molar-refractivity contribution in [3.05, 3.63) is 71.2 Å². The average Bonchev–Trinajstić information content (AvgIpc) is 3.12. The van der Waals surface area contributed by atoms with Crippen LogP contribution in [0, 0.1) is 5.82 Å². The normalized spacial score (nSPS) is 16.5. The van der Waals surface area contributed by atoms with Gasteiger partial charge >= 0.3 is 5.97 Å². The quantitative estimate of drug-likeness (QED) is 0.424. The highest BCUT2D eigenvalue weighted by Gasteiger charge is 2.31. The highest BCUT2D eigenvalue weighted by Crippen LogP contribution is 2.29. The van der Waals surface area contributed by atoms with Gasteiger partial charge in [-0.1, -0.05) is 0 Å². The van der Waals surface area contributed by atoms with Gasteiger partial charge < -0.3 is 24.6 Å². The molecule has 164 valence electrons. The lowest BCUT2D eigenvalue weighted by Crippen LogP contribution is -2.33. The van der Waals surface area contributed by atoms with Crippen molar-refractivity contribution < 1.29 is 27.5 Å². The number of nitrogens with one attached hydrogen (secondary N) is 3. The van der Waals surface area contributed by atoms with Gasteiger partial charge in [-0.05, 0) is 68.3 Å². The van der Waals surface area contributed by atoms with E-state index in [0.717, 1.165) is 0 Å². The largest absolute Gasteiger partial charge is 0.755 e. The van der Waals surface area contributed by atoms with Gasteiger partial charge in [-0.3, -0.25) is 9.00 Å². The van der Waals surface area contributed by atoms with Gasteiger partial charge in [-0.25, -0.2) is 9.18 Å². The maximum absolute atomic E-state index is 13.2. The number of carbonyl (C=O) groups excluding carboxylic acids is 2. The van der Waals surface area contributed by atoms with Crippen molar-refractivity contribution >= 4 is 34.5 Å². The van der Waals surface area contributed by atoms with Gasteiger partial charge in [-0.2, -0.15) is 0 Å². The SMILES string of the molecule is CCOC(=O)C1=C(NC(=O)c2ccc(NS(=O)[O-])cc2)C(Nc2ccc(F)cc2)CC1. The molecule has 2 atom stereocenters. The first-order valence-corrected chi connectivity index (χ1v) is 10.6. The summed E-state index contributed by atoms with van der Waals surface area (Å²) in [6.45, 7) is 1.90. The van der Waals surface area contributed by atoms with Crippen molar-refractivity contribution in [2.45, 2.75) is 25.8 Å². The van der Waals surface area contributed by atoms with Crippen LogP contribution in [0.15, 0.2) is 59.8 Å². The second-order valence-corrected chi connectivity index (χ2v) is 7.40. The first-order valence-electron chi connectivity index (χ1n) is 9.57. The number of amides is 1. The van der Waals surface area contributed by atoms with Gasteiger partial charge in [-0.15, -0.1) is 0 Å². The van der Waals surface area contributed by atoms with Crippen LogP contribution in [0.4, 0.5) is 15.8 Å². The highest BCUT2D eigenvalue weighted by atomic mass is 32.2. The summed E-state index contributed by atoms with van der Waals surface area (Å²) in [6.07, 6.45) is 0.949. The number of anilines is 2. The fourth-order valence-corrected chi connectivity index (χ4v) is 3.57. The number of halogens is 1. The molecule has 0 radical (unpaired) electrons. The summed E-state index contributed by atoms with van der Waals surface area (Å²) in [5.74, 6) is -1.33. The number of hydrogen-bond acceptors (Lipinski definition) is 6. The molecule has 0 aromatic heterocycles. The van der Waals surface area contributed by atoms with Crippen LogP contribution in [0.1, 0.15) is 30.1 Å². The number of hydrogen-bond donors (Lipinski definition) is 3. The van der Waals surface area contributed by atoms with Crippen molar-refractivity contribution in [2.75, 3.05) is 16.6 Å². The third kappa shape index (κ3) is 5.89. The molecule has 3 N–H and O–H groups in total. The molecule has 3 rings (SSSR count). The minimum absolute atomic E-state index is 0.204. The van der Waals surface area contributed by atoms with Gasteiger partial charge in [0.05, 0.1) is 23.9 Å². The molecule has 0 aliphatic heterocycles. The lowest BCUT2D eigenvalue weighted by atomic mass is 10.1. The smallest absolute Gasteiger partial charge is 0.335 e. The molecule has 0 saturated carbocycles. The van der Waals surface area contributed by atoms with Gasteiger partial charge in [0.1, 0.15) is 5.82 Å². The van der Waals surface area contributed by atoms with Crippen LogP contribution in [-0.4, -0.2) is 33.3 Å². The monoisotopic (exact) mass is 446 g/mol. The molecule has 2 aromatic rings. The molecule has 31 heavy (non-hydrogen) atoms. The number of benzene rings is 2. The van der Waals surface area contributed by atoms with E-state index in [-0.39, 0.29) is 24.0 Å². The molecule has 2 unspecified atom stereocenters. The van der Waals surface area contributed by atoms with Gasteiger partial charge in [0, 0.05) is 28.2 Å². The Morgan fingerprint density at radius 3 is 2.39 bits per heavy atom. The van der Waals surface area contributed by atoms with Crippen molar-refractivity contribution in [3.63, 3.8) is 0 Å². The third-order valence-electron chi connectivity index (χ3n) is 4.66. The zero-order chi connectivity index (χ0) is 22.4. The van der Waals surface area contributed by atoms with Crippen molar-refractivity contribution in [3.8, 4) is 0 Å². The van der Waals surface area contributed by atoms with Crippen molar-refractivity contribution in [2.24, 2.45) is 0 Å². The third-order valence-corrected chi connectivity index (χ3v) is 5.06. The van der Waals surface area contributed by atoms with Crippen molar-refractivity contribution in [1.29, 1.82) is 0 Å². The van der Waals surface area contributed by atoms with Crippen LogP contribution < -0.4 is 15.4 Å². The molecular weight excluding hydrogens is 425 g/mol. The molecule has 0 saturated heterocycles. The summed E-state index contributed by atoms with van der Waals surface area (Å²) in [6, 6.07) is 11.2. The summed E-state index contributed by atoms with van der Waals surface area (Å²) in [4.78, 5) is 25.2. The standard InChI is InChI=1S/C21H22FN3O5S/c1-2-30-21(27)17-11-12-18(23-15-9-5-14(22)6-10-15)19(17)24-20(26)13-3-7-16(8-4-13)25-31(28)29/h3-10,18,23,25H,2,11-12H2,1H3,(H,24,26)(H,28,29)/p-1. The van der Waals surface area contributed by atoms with E-state index in [0.29, 0.717) is 35.5 Å². The Hall–Kier alpha value is -3.24. The Morgan fingerprint density at radius 1 is 1.13 bits per heavy atom. The van der Waals surface area contributed by atoms with Crippen LogP contribution >= 0.6 is 0 Å². The van der Waals surface area contributed by atoms with E-state index in [2.05, 4.69) is 15.4 Å². The van der Waals surface area contributed by atoms with Crippen LogP contribution in [-0.2, 0) is 20.8 Å². The summed E-state index contributed by atoms with van der Waals surface area (Å²) >= 11 is -2.47.